The van der Waals surface area contributed by atoms with Crippen LogP contribution in [0.3, 0.4) is 0 Å². The van der Waals surface area contributed by atoms with Crippen LogP contribution in [0.5, 0.6) is 0 Å². The molecule has 3 N–H and O–H groups in total. The number of carbonyl (C=O) groups excluding carboxylic acids is 4. The molecule has 0 aliphatic carbocycles. The van der Waals surface area contributed by atoms with Crippen LogP contribution in [0.25, 0.3) is 0 Å². The summed E-state index contributed by atoms with van der Waals surface area (Å²) in [6, 6.07) is 7.64. The standard InChI is InChI=1S/C22H26N4O8S/c1-3-34-11-5-10-23-20(28)15-6-4-7-17(12-15)35(31,32)26-21(29)16-8-9-18(24-13-16)22(30)25-14-19(27)33-2/h4,6-9,12-13H,3,5,10-11,14H2,1-2H3,(H,23,28)(H,25,30)(H,26,29). The van der Waals surface area contributed by atoms with E-state index in [1.165, 1.54) is 37.4 Å². The van der Waals surface area contributed by atoms with Gasteiger partial charge in [0.1, 0.15) is 12.2 Å². The summed E-state index contributed by atoms with van der Waals surface area (Å²) in [5.41, 5.74) is -0.102. The highest BCUT2D eigenvalue weighted by molar-refractivity contribution is 7.90. The smallest absolute Gasteiger partial charge is 0.325 e. The largest absolute Gasteiger partial charge is 0.468 e. The van der Waals surface area contributed by atoms with Crippen molar-refractivity contribution in [2.75, 3.05) is 33.4 Å². The molecule has 2 aromatic rings. The van der Waals surface area contributed by atoms with E-state index < -0.39 is 33.7 Å². The van der Waals surface area contributed by atoms with Crippen molar-refractivity contribution in [2.24, 2.45) is 0 Å². The zero-order chi connectivity index (χ0) is 25.8. The highest BCUT2D eigenvalue weighted by Crippen LogP contribution is 2.13. The van der Waals surface area contributed by atoms with Crippen LogP contribution in [0.15, 0.2) is 47.5 Å². The summed E-state index contributed by atoms with van der Waals surface area (Å²) in [5.74, 6) is -2.77. The van der Waals surface area contributed by atoms with Gasteiger partial charge in [-0.2, -0.15) is 0 Å². The number of methoxy groups -OCH3 is 1. The second-order valence-corrected chi connectivity index (χ2v) is 8.64. The van der Waals surface area contributed by atoms with Crippen LogP contribution >= 0.6 is 0 Å². The highest BCUT2D eigenvalue weighted by atomic mass is 32.2. The third kappa shape index (κ3) is 8.46. The summed E-state index contributed by atoms with van der Waals surface area (Å²) >= 11 is 0. The summed E-state index contributed by atoms with van der Waals surface area (Å²) in [5, 5.41) is 4.95. The number of pyridine rings is 1. The topological polar surface area (TPSA) is 170 Å². The number of hydrogen-bond donors (Lipinski definition) is 3. The second kappa shape index (κ2) is 13.2. The molecule has 35 heavy (non-hydrogen) atoms. The van der Waals surface area contributed by atoms with Gasteiger partial charge in [0.15, 0.2) is 0 Å². The van der Waals surface area contributed by atoms with Gasteiger partial charge >= 0.3 is 5.97 Å². The van der Waals surface area contributed by atoms with Crippen LogP contribution in [0.2, 0.25) is 0 Å². The number of benzene rings is 1. The Balaban J connectivity index is 2.01. The normalized spacial score (nSPS) is 10.8. The van der Waals surface area contributed by atoms with Crippen molar-refractivity contribution in [3.8, 4) is 0 Å². The molecule has 0 spiro atoms. The first-order valence-electron chi connectivity index (χ1n) is 10.5. The fourth-order valence-electron chi connectivity index (χ4n) is 2.64. The maximum Gasteiger partial charge on any atom is 0.325 e. The van der Waals surface area contributed by atoms with Gasteiger partial charge < -0.3 is 20.1 Å². The third-order valence-corrected chi connectivity index (χ3v) is 5.80. The average Bonchev–Trinajstić information content (AvgIpc) is 2.86. The van der Waals surface area contributed by atoms with E-state index in [0.717, 1.165) is 12.3 Å². The van der Waals surface area contributed by atoms with Crippen molar-refractivity contribution in [3.05, 3.63) is 59.4 Å². The Morgan fingerprint density at radius 2 is 1.74 bits per heavy atom. The fraction of sp³-hybridized carbons (Fsp3) is 0.318. The maximum absolute atomic E-state index is 12.7. The molecule has 1 heterocycles. The van der Waals surface area contributed by atoms with Crippen LogP contribution in [0.4, 0.5) is 0 Å². The molecule has 0 atom stereocenters. The van der Waals surface area contributed by atoms with Crippen molar-refractivity contribution in [1.29, 1.82) is 0 Å². The summed E-state index contributed by atoms with van der Waals surface area (Å²) in [6.45, 7) is 2.93. The Bertz CT molecular complexity index is 1170. The SMILES string of the molecule is CCOCCCNC(=O)c1cccc(S(=O)(=O)NC(=O)c2ccc(C(=O)NCC(=O)OC)nc2)c1. The third-order valence-electron chi connectivity index (χ3n) is 4.47. The molecular weight excluding hydrogens is 480 g/mol. The van der Waals surface area contributed by atoms with Crippen molar-refractivity contribution in [1.82, 2.24) is 20.3 Å². The molecule has 0 unspecified atom stereocenters. The first kappa shape index (κ1) is 27.4. The number of ether oxygens (including phenoxy) is 2. The van der Waals surface area contributed by atoms with E-state index in [9.17, 15) is 27.6 Å². The Morgan fingerprint density at radius 1 is 0.971 bits per heavy atom. The number of carbonyl (C=O) groups is 4. The number of esters is 1. The minimum Gasteiger partial charge on any atom is -0.468 e. The van der Waals surface area contributed by atoms with Crippen molar-refractivity contribution < 1.29 is 37.1 Å². The Labute approximate surface area is 202 Å². The molecule has 12 nitrogen and oxygen atoms in total. The molecule has 0 aliphatic rings. The lowest BCUT2D eigenvalue weighted by Crippen LogP contribution is -2.32. The molecule has 0 aliphatic heterocycles. The maximum atomic E-state index is 12.7. The van der Waals surface area contributed by atoms with E-state index in [2.05, 4.69) is 20.4 Å². The Hall–Kier alpha value is -3.84. The van der Waals surface area contributed by atoms with E-state index in [-0.39, 0.29) is 28.3 Å². The van der Waals surface area contributed by atoms with Gasteiger partial charge in [-0.3, -0.25) is 24.2 Å². The molecule has 13 heteroatoms. The molecule has 0 fully saturated rings. The summed E-state index contributed by atoms with van der Waals surface area (Å²) in [4.78, 5) is 51.3. The molecule has 2 rings (SSSR count). The van der Waals surface area contributed by atoms with E-state index in [4.69, 9.17) is 4.74 Å². The lowest BCUT2D eigenvalue weighted by Gasteiger charge is -2.09. The van der Waals surface area contributed by atoms with Crippen LogP contribution in [-0.4, -0.2) is 70.5 Å². The molecule has 188 valence electrons. The van der Waals surface area contributed by atoms with Gasteiger partial charge in [-0.05, 0) is 43.7 Å². The summed E-state index contributed by atoms with van der Waals surface area (Å²) < 4.78 is 36.8. The van der Waals surface area contributed by atoms with Crippen LogP contribution < -0.4 is 15.4 Å². The summed E-state index contributed by atoms with van der Waals surface area (Å²) in [6.07, 6.45) is 1.62. The van der Waals surface area contributed by atoms with Crippen molar-refractivity contribution in [2.45, 2.75) is 18.2 Å². The number of sulfonamides is 1. The van der Waals surface area contributed by atoms with E-state index in [0.29, 0.717) is 26.2 Å². The highest BCUT2D eigenvalue weighted by Gasteiger charge is 2.21. The van der Waals surface area contributed by atoms with E-state index in [1.54, 1.807) is 0 Å². The van der Waals surface area contributed by atoms with Gasteiger partial charge in [-0.1, -0.05) is 6.07 Å². The number of nitrogens with zero attached hydrogens (tertiary/aromatic N) is 1. The zero-order valence-electron chi connectivity index (χ0n) is 19.2. The molecule has 3 amide bonds. The predicted molar refractivity (Wildman–Crippen MR) is 123 cm³/mol. The molecule has 0 saturated carbocycles. The lowest BCUT2D eigenvalue weighted by molar-refractivity contribution is -0.139. The number of amides is 3. The fourth-order valence-corrected chi connectivity index (χ4v) is 3.66. The number of aromatic nitrogens is 1. The van der Waals surface area contributed by atoms with E-state index in [1.807, 2.05) is 11.6 Å². The number of rotatable bonds is 12. The molecule has 0 bridgehead atoms. The Kier molecular flexibility index (Phi) is 10.3. The zero-order valence-corrected chi connectivity index (χ0v) is 20.0. The summed E-state index contributed by atoms with van der Waals surface area (Å²) in [7, 11) is -3.13. The minimum atomic E-state index is -4.30. The molecule has 1 aromatic carbocycles. The molecule has 0 radical (unpaired) electrons. The van der Waals surface area contributed by atoms with Crippen LogP contribution in [0, 0.1) is 0 Å². The minimum absolute atomic E-state index is 0.0896. The van der Waals surface area contributed by atoms with Crippen molar-refractivity contribution in [3.63, 3.8) is 0 Å². The van der Waals surface area contributed by atoms with Crippen molar-refractivity contribution >= 4 is 33.7 Å². The quantitative estimate of drug-likeness (QED) is 0.270. The van der Waals surface area contributed by atoms with Gasteiger partial charge in [-0.25, -0.2) is 13.1 Å². The molecular formula is C22H26N4O8S. The second-order valence-electron chi connectivity index (χ2n) is 6.96. The van der Waals surface area contributed by atoms with Crippen LogP contribution in [0.1, 0.15) is 44.5 Å². The first-order valence-corrected chi connectivity index (χ1v) is 12.0. The van der Waals surface area contributed by atoms with Crippen LogP contribution in [-0.2, 0) is 24.3 Å². The number of hydrogen-bond acceptors (Lipinski definition) is 9. The molecule has 0 saturated heterocycles. The lowest BCUT2D eigenvalue weighted by atomic mass is 10.2. The predicted octanol–water partition coefficient (Wildman–Crippen LogP) is 0.260. The van der Waals surface area contributed by atoms with Gasteiger partial charge in [-0.15, -0.1) is 0 Å². The average molecular weight is 507 g/mol. The van der Waals surface area contributed by atoms with Gasteiger partial charge in [0.2, 0.25) is 0 Å². The molecule has 1 aromatic heterocycles. The van der Waals surface area contributed by atoms with Gasteiger partial charge in [0.25, 0.3) is 27.7 Å². The van der Waals surface area contributed by atoms with Gasteiger partial charge in [0, 0.05) is 31.5 Å². The van der Waals surface area contributed by atoms with Gasteiger partial charge in [0.05, 0.1) is 17.6 Å². The first-order chi connectivity index (χ1) is 16.7. The number of nitrogens with one attached hydrogen (secondary N) is 3. The van der Waals surface area contributed by atoms with E-state index >= 15 is 0 Å². The Morgan fingerprint density at radius 3 is 2.40 bits per heavy atom. The monoisotopic (exact) mass is 506 g/mol.